The molecule has 1 amide bonds. The number of carbonyl (C=O) groups is 1. The summed E-state index contributed by atoms with van der Waals surface area (Å²) in [5.41, 5.74) is -0.0237. The number of anilines is 1. The van der Waals surface area contributed by atoms with Gasteiger partial charge in [-0.3, -0.25) is 9.36 Å². The summed E-state index contributed by atoms with van der Waals surface area (Å²) in [6.45, 7) is 5.54. The maximum atomic E-state index is 12.0. The molecule has 1 saturated carbocycles. The third-order valence-electron chi connectivity index (χ3n) is 4.41. The first-order valence-corrected chi connectivity index (χ1v) is 9.68. The van der Waals surface area contributed by atoms with Crippen molar-refractivity contribution in [2.45, 2.75) is 57.7 Å². The molecule has 8 heteroatoms. The number of nitrogens with one attached hydrogen (secondary N) is 2. The fraction of sp³-hybridized carbons (Fsp3) is 0.450. The van der Waals surface area contributed by atoms with E-state index >= 15 is 0 Å². The third kappa shape index (κ3) is 5.48. The number of pyridine rings is 2. The highest BCUT2D eigenvalue weighted by Crippen LogP contribution is 2.23. The van der Waals surface area contributed by atoms with Gasteiger partial charge in [-0.15, -0.1) is 0 Å². The quantitative estimate of drug-likeness (QED) is 0.810. The van der Waals surface area contributed by atoms with E-state index in [1.165, 1.54) is 10.6 Å². The van der Waals surface area contributed by atoms with Gasteiger partial charge in [-0.25, -0.2) is 9.78 Å². The van der Waals surface area contributed by atoms with Gasteiger partial charge in [0.25, 0.3) is 5.56 Å². The molecular weight excluding hydrogens is 380 g/mol. The second kappa shape index (κ2) is 8.22. The molecule has 7 nitrogen and oxygen atoms in total. The number of ether oxygens (including phenoxy) is 1. The number of amides is 1. The highest BCUT2D eigenvalue weighted by Gasteiger charge is 2.27. The van der Waals surface area contributed by atoms with Crippen molar-refractivity contribution < 1.29 is 9.53 Å². The Kier molecular flexibility index (Phi) is 5.93. The van der Waals surface area contributed by atoms with Gasteiger partial charge in [-0.1, -0.05) is 11.6 Å². The summed E-state index contributed by atoms with van der Waals surface area (Å²) in [4.78, 5) is 28.3. The Labute approximate surface area is 169 Å². The van der Waals surface area contributed by atoms with Crippen LogP contribution < -0.4 is 16.2 Å². The molecule has 0 spiro atoms. The van der Waals surface area contributed by atoms with E-state index < -0.39 is 5.60 Å². The average Bonchev–Trinajstić information content (AvgIpc) is 3.03. The van der Waals surface area contributed by atoms with Crippen molar-refractivity contribution in [1.29, 1.82) is 0 Å². The van der Waals surface area contributed by atoms with Crippen molar-refractivity contribution in [3.05, 3.63) is 52.0 Å². The number of aromatic nitrogens is 2. The van der Waals surface area contributed by atoms with Gasteiger partial charge in [0.1, 0.15) is 11.4 Å². The molecule has 0 aromatic carbocycles. The van der Waals surface area contributed by atoms with Gasteiger partial charge in [0.15, 0.2) is 0 Å². The summed E-state index contributed by atoms with van der Waals surface area (Å²) >= 11 is 5.97. The molecule has 150 valence electrons. The Balaban J connectivity index is 1.56. The van der Waals surface area contributed by atoms with Gasteiger partial charge in [-0.2, -0.15) is 0 Å². The molecule has 2 atom stereocenters. The molecular formula is C20H25ClN4O3. The number of hydrogen-bond donors (Lipinski definition) is 2. The highest BCUT2D eigenvalue weighted by molar-refractivity contribution is 6.30. The van der Waals surface area contributed by atoms with Gasteiger partial charge in [0.05, 0.1) is 16.9 Å². The van der Waals surface area contributed by atoms with Crippen LogP contribution in [0.3, 0.4) is 0 Å². The van der Waals surface area contributed by atoms with E-state index in [0.717, 1.165) is 25.1 Å². The molecule has 2 aromatic rings. The summed E-state index contributed by atoms with van der Waals surface area (Å²) in [7, 11) is 0. The fourth-order valence-electron chi connectivity index (χ4n) is 3.20. The first kappa shape index (κ1) is 20.2. The zero-order valence-electron chi connectivity index (χ0n) is 16.2. The van der Waals surface area contributed by atoms with E-state index in [1.54, 1.807) is 18.5 Å². The predicted molar refractivity (Wildman–Crippen MR) is 109 cm³/mol. The lowest BCUT2D eigenvalue weighted by Crippen LogP contribution is -2.38. The number of rotatable bonds is 4. The monoisotopic (exact) mass is 404 g/mol. The van der Waals surface area contributed by atoms with Gasteiger partial charge < -0.3 is 15.4 Å². The molecule has 0 bridgehead atoms. The van der Waals surface area contributed by atoms with Crippen molar-refractivity contribution in [2.75, 3.05) is 5.32 Å². The van der Waals surface area contributed by atoms with Crippen molar-refractivity contribution >= 4 is 23.5 Å². The van der Waals surface area contributed by atoms with Crippen LogP contribution in [0.4, 0.5) is 10.6 Å². The van der Waals surface area contributed by atoms with E-state index in [0.29, 0.717) is 10.7 Å². The van der Waals surface area contributed by atoms with E-state index in [9.17, 15) is 9.59 Å². The first-order chi connectivity index (χ1) is 13.2. The Morgan fingerprint density at radius 3 is 2.64 bits per heavy atom. The molecule has 0 saturated heterocycles. The Bertz CT molecular complexity index is 890. The maximum absolute atomic E-state index is 12.0. The number of hydrogen-bond acceptors (Lipinski definition) is 5. The molecule has 2 heterocycles. The molecule has 0 radical (unpaired) electrons. The fourth-order valence-corrected chi connectivity index (χ4v) is 3.36. The van der Waals surface area contributed by atoms with Crippen LogP contribution in [-0.4, -0.2) is 33.3 Å². The topological polar surface area (TPSA) is 85.2 Å². The van der Waals surface area contributed by atoms with Crippen molar-refractivity contribution in [3.63, 3.8) is 0 Å². The zero-order chi connectivity index (χ0) is 20.3. The van der Waals surface area contributed by atoms with E-state index in [4.69, 9.17) is 16.3 Å². The predicted octanol–water partition coefficient (Wildman–Crippen LogP) is 3.74. The molecule has 0 unspecified atom stereocenters. The normalized spacial score (nSPS) is 19.3. The molecule has 1 aliphatic carbocycles. The highest BCUT2D eigenvalue weighted by atomic mass is 35.5. The van der Waals surface area contributed by atoms with E-state index in [2.05, 4.69) is 15.6 Å². The first-order valence-electron chi connectivity index (χ1n) is 9.30. The van der Waals surface area contributed by atoms with E-state index in [1.807, 2.05) is 32.9 Å². The summed E-state index contributed by atoms with van der Waals surface area (Å²) in [6.07, 6.45) is 5.43. The molecule has 1 aliphatic rings. The lowest BCUT2D eigenvalue weighted by Gasteiger charge is -2.22. The molecule has 3 rings (SSSR count). The van der Waals surface area contributed by atoms with Crippen LogP contribution in [0, 0.1) is 0 Å². The van der Waals surface area contributed by atoms with Crippen LogP contribution in [0.15, 0.2) is 41.5 Å². The van der Waals surface area contributed by atoms with Gasteiger partial charge >= 0.3 is 6.09 Å². The number of carbonyl (C=O) groups excluding carboxylic acids is 1. The van der Waals surface area contributed by atoms with Crippen LogP contribution >= 0.6 is 11.6 Å². The van der Waals surface area contributed by atoms with Crippen molar-refractivity contribution in [3.8, 4) is 5.69 Å². The smallest absolute Gasteiger partial charge is 0.407 e. The van der Waals surface area contributed by atoms with Crippen LogP contribution in [-0.2, 0) is 4.74 Å². The minimum atomic E-state index is -0.503. The largest absolute Gasteiger partial charge is 0.444 e. The van der Waals surface area contributed by atoms with Gasteiger partial charge in [0, 0.05) is 24.3 Å². The minimum absolute atomic E-state index is 0.0802. The Morgan fingerprint density at radius 1 is 1.21 bits per heavy atom. The summed E-state index contributed by atoms with van der Waals surface area (Å²) in [5, 5.41) is 6.78. The lowest BCUT2D eigenvalue weighted by atomic mass is 10.2. The summed E-state index contributed by atoms with van der Waals surface area (Å²) < 4.78 is 6.76. The molecule has 2 N–H and O–H groups in total. The lowest BCUT2D eigenvalue weighted by molar-refractivity contribution is 0.0505. The van der Waals surface area contributed by atoms with Crippen molar-refractivity contribution in [2.24, 2.45) is 0 Å². The summed E-state index contributed by atoms with van der Waals surface area (Å²) in [5.74, 6) is 0.724. The minimum Gasteiger partial charge on any atom is -0.444 e. The molecule has 1 fully saturated rings. The molecule has 0 aliphatic heterocycles. The van der Waals surface area contributed by atoms with Gasteiger partial charge in [-0.05, 0) is 58.2 Å². The average molecular weight is 405 g/mol. The Hall–Kier alpha value is -2.54. The van der Waals surface area contributed by atoms with Crippen molar-refractivity contribution in [1.82, 2.24) is 14.9 Å². The standard InChI is InChI=1S/C20H25ClN4O3/c1-20(2,3)28-19(27)24-15-6-5-14(10-15)23-17-8-7-16(11-22-17)25-12-13(21)4-9-18(25)26/h4,7-9,11-12,14-15H,5-6,10H2,1-3H3,(H,22,23)(H,24,27)/t14-,15-/m0/s1. The Morgan fingerprint density at radius 2 is 1.96 bits per heavy atom. The second-order valence-corrected chi connectivity index (χ2v) is 8.39. The number of halogens is 1. The summed E-state index contributed by atoms with van der Waals surface area (Å²) in [6, 6.07) is 6.93. The maximum Gasteiger partial charge on any atom is 0.407 e. The van der Waals surface area contributed by atoms with Gasteiger partial charge in [0.2, 0.25) is 0 Å². The molecule has 28 heavy (non-hydrogen) atoms. The second-order valence-electron chi connectivity index (χ2n) is 7.95. The SMILES string of the molecule is CC(C)(C)OC(=O)N[C@H]1CC[C@H](Nc2ccc(-n3cc(Cl)ccc3=O)cn2)C1. The molecule has 2 aromatic heterocycles. The van der Waals surface area contributed by atoms with Crippen LogP contribution in [0.1, 0.15) is 40.0 Å². The number of nitrogens with zero attached hydrogens (tertiary/aromatic N) is 2. The van der Waals surface area contributed by atoms with Crippen LogP contribution in [0.5, 0.6) is 0 Å². The number of alkyl carbamates (subject to hydrolysis) is 1. The van der Waals surface area contributed by atoms with E-state index in [-0.39, 0.29) is 23.7 Å². The van der Waals surface area contributed by atoms with Crippen LogP contribution in [0.2, 0.25) is 5.02 Å². The van der Waals surface area contributed by atoms with Crippen LogP contribution in [0.25, 0.3) is 5.69 Å². The zero-order valence-corrected chi connectivity index (χ0v) is 17.0. The third-order valence-corrected chi connectivity index (χ3v) is 4.63.